The number of nitrogens with two attached hydrogens (primary N) is 1. The van der Waals surface area contributed by atoms with E-state index in [1.165, 1.54) is 24.2 Å². The Morgan fingerprint density at radius 1 is 1.22 bits per heavy atom. The van der Waals surface area contributed by atoms with Gasteiger partial charge in [0, 0.05) is 12.3 Å². The summed E-state index contributed by atoms with van der Waals surface area (Å²) in [5, 5.41) is 3.29. The number of nitrogen functional groups attached to an aromatic ring is 1. The number of amides is 1. The van der Waals surface area contributed by atoms with Crippen LogP contribution in [0.3, 0.4) is 0 Å². The number of thiazole rings is 1. The fraction of sp³-hybridized carbons (Fsp3) is 0.412. The molecule has 1 aliphatic heterocycles. The molecule has 0 saturated heterocycles. The van der Waals surface area contributed by atoms with Crippen LogP contribution in [0.2, 0.25) is 0 Å². The number of aromatic nitrogens is 1. The Balaban J connectivity index is 1.56. The van der Waals surface area contributed by atoms with Gasteiger partial charge < -0.3 is 15.8 Å². The van der Waals surface area contributed by atoms with Gasteiger partial charge in [-0.05, 0) is 43.4 Å². The predicted molar refractivity (Wildman–Crippen MR) is 90.9 cm³/mol. The molecular weight excluding hydrogens is 310 g/mol. The zero-order valence-corrected chi connectivity index (χ0v) is 13.6. The van der Waals surface area contributed by atoms with E-state index in [1.807, 2.05) is 24.3 Å². The Bertz CT molecular complexity index is 720. The lowest BCUT2D eigenvalue weighted by Gasteiger charge is -2.22. The van der Waals surface area contributed by atoms with Crippen LogP contribution in [0.1, 0.15) is 48.5 Å². The summed E-state index contributed by atoms with van der Waals surface area (Å²) < 4.78 is 6.00. The molecule has 1 amide bonds. The number of ether oxygens (including phenoxy) is 1. The van der Waals surface area contributed by atoms with Gasteiger partial charge in [-0.15, -0.1) is 0 Å². The first-order chi connectivity index (χ1) is 11.2. The summed E-state index contributed by atoms with van der Waals surface area (Å²) in [7, 11) is 0. The van der Waals surface area contributed by atoms with Crippen molar-refractivity contribution in [2.24, 2.45) is 0 Å². The van der Waals surface area contributed by atoms with E-state index in [1.54, 1.807) is 0 Å². The molecule has 1 unspecified atom stereocenters. The number of hydrogen-bond donors (Lipinski definition) is 2. The molecule has 2 aliphatic rings. The second kappa shape index (κ2) is 5.85. The summed E-state index contributed by atoms with van der Waals surface area (Å²) in [5.41, 5.74) is 6.90. The molecule has 1 aromatic carbocycles. The quantitative estimate of drug-likeness (QED) is 0.903. The Morgan fingerprint density at radius 2 is 1.96 bits per heavy atom. The van der Waals surface area contributed by atoms with Crippen molar-refractivity contribution >= 4 is 28.2 Å². The zero-order chi connectivity index (χ0) is 15.8. The topological polar surface area (TPSA) is 77.2 Å². The lowest BCUT2D eigenvalue weighted by atomic mass is 9.91. The molecule has 23 heavy (non-hydrogen) atoms. The minimum Gasteiger partial charge on any atom is -0.490 e. The second-order valence-corrected chi connectivity index (χ2v) is 7.23. The lowest BCUT2D eigenvalue weighted by molar-refractivity contribution is -0.116. The monoisotopic (exact) mass is 329 g/mol. The summed E-state index contributed by atoms with van der Waals surface area (Å²) in [6.45, 7) is 0. The average Bonchev–Trinajstić information content (AvgIpc) is 3.16. The van der Waals surface area contributed by atoms with Crippen molar-refractivity contribution < 1.29 is 9.53 Å². The maximum Gasteiger partial charge on any atom is 0.226 e. The summed E-state index contributed by atoms with van der Waals surface area (Å²) in [6.07, 6.45) is 5.60. The number of fused-ring (bicyclic) bond motifs is 1. The highest BCUT2D eigenvalue weighted by atomic mass is 32.1. The molecule has 0 radical (unpaired) electrons. The van der Waals surface area contributed by atoms with Crippen molar-refractivity contribution in [3.63, 3.8) is 0 Å². The normalized spacial score (nSPS) is 21.0. The molecular formula is C17H19N3O2S. The molecule has 1 fully saturated rings. The van der Waals surface area contributed by atoms with Gasteiger partial charge in [0.15, 0.2) is 5.13 Å². The van der Waals surface area contributed by atoms with E-state index in [2.05, 4.69) is 10.3 Å². The number of carbonyl (C=O) groups is 1. The first kappa shape index (κ1) is 14.5. The smallest absolute Gasteiger partial charge is 0.226 e. The van der Waals surface area contributed by atoms with Crippen molar-refractivity contribution in [1.82, 2.24) is 4.98 Å². The SMILES string of the molecule is Nc1nc2c(s1)C(c1ccc(OC3CCCC3)cc1)CC(=O)N2. The van der Waals surface area contributed by atoms with Gasteiger partial charge in [0.1, 0.15) is 11.6 Å². The molecule has 3 N–H and O–H groups in total. The minimum atomic E-state index is -0.0147. The van der Waals surface area contributed by atoms with Gasteiger partial charge in [-0.3, -0.25) is 4.79 Å². The Labute approximate surface area is 138 Å². The highest BCUT2D eigenvalue weighted by molar-refractivity contribution is 7.16. The predicted octanol–water partition coefficient (Wildman–Crippen LogP) is 3.52. The summed E-state index contributed by atoms with van der Waals surface area (Å²) >= 11 is 1.45. The third-order valence-electron chi connectivity index (χ3n) is 4.52. The highest BCUT2D eigenvalue weighted by Crippen LogP contribution is 2.41. The van der Waals surface area contributed by atoms with E-state index in [0.29, 0.717) is 23.5 Å². The maximum atomic E-state index is 11.9. The van der Waals surface area contributed by atoms with Crippen molar-refractivity contribution in [1.29, 1.82) is 0 Å². The molecule has 1 aliphatic carbocycles. The van der Waals surface area contributed by atoms with Gasteiger partial charge in [0.05, 0.1) is 11.0 Å². The van der Waals surface area contributed by atoms with Crippen LogP contribution >= 0.6 is 11.3 Å². The zero-order valence-electron chi connectivity index (χ0n) is 12.7. The molecule has 0 spiro atoms. The van der Waals surface area contributed by atoms with E-state index in [-0.39, 0.29) is 11.8 Å². The van der Waals surface area contributed by atoms with Crippen molar-refractivity contribution in [3.8, 4) is 5.75 Å². The van der Waals surface area contributed by atoms with Crippen LogP contribution in [-0.4, -0.2) is 17.0 Å². The number of nitrogens with one attached hydrogen (secondary N) is 1. The van der Waals surface area contributed by atoms with Crippen LogP contribution in [0.4, 0.5) is 10.9 Å². The van der Waals surface area contributed by atoms with Gasteiger partial charge >= 0.3 is 0 Å². The fourth-order valence-electron chi connectivity index (χ4n) is 3.38. The number of rotatable bonds is 3. The molecule has 2 heterocycles. The van der Waals surface area contributed by atoms with Crippen molar-refractivity contribution in [2.75, 3.05) is 11.1 Å². The molecule has 6 heteroatoms. The van der Waals surface area contributed by atoms with Gasteiger partial charge in [-0.25, -0.2) is 4.98 Å². The van der Waals surface area contributed by atoms with Crippen LogP contribution in [-0.2, 0) is 4.79 Å². The summed E-state index contributed by atoms with van der Waals surface area (Å²) in [6, 6.07) is 8.11. The first-order valence-corrected chi connectivity index (χ1v) is 8.83. The highest BCUT2D eigenvalue weighted by Gasteiger charge is 2.30. The first-order valence-electron chi connectivity index (χ1n) is 8.02. The van der Waals surface area contributed by atoms with Crippen LogP contribution < -0.4 is 15.8 Å². The van der Waals surface area contributed by atoms with E-state index in [0.717, 1.165) is 29.0 Å². The molecule has 1 aromatic heterocycles. The van der Waals surface area contributed by atoms with E-state index in [9.17, 15) is 4.79 Å². The average molecular weight is 329 g/mol. The van der Waals surface area contributed by atoms with Crippen LogP contribution in [0.15, 0.2) is 24.3 Å². The Hall–Kier alpha value is -2.08. The number of carbonyl (C=O) groups excluding carboxylic acids is 1. The van der Waals surface area contributed by atoms with E-state index in [4.69, 9.17) is 10.5 Å². The van der Waals surface area contributed by atoms with E-state index >= 15 is 0 Å². The fourth-order valence-corrected chi connectivity index (χ4v) is 4.30. The largest absolute Gasteiger partial charge is 0.490 e. The van der Waals surface area contributed by atoms with Crippen molar-refractivity contribution in [2.45, 2.75) is 44.1 Å². The Morgan fingerprint density at radius 3 is 2.70 bits per heavy atom. The van der Waals surface area contributed by atoms with Crippen molar-refractivity contribution in [3.05, 3.63) is 34.7 Å². The number of benzene rings is 1. The molecule has 4 rings (SSSR count). The molecule has 1 saturated carbocycles. The standard InChI is InChI=1S/C17H19N3O2S/c18-17-20-16-15(23-17)13(9-14(21)19-16)10-5-7-12(8-6-10)22-11-3-1-2-4-11/h5-8,11,13H,1-4,9H2,(H2,18,20)(H,19,21). The summed E-state index contributed by atoms with van der Waals surface area (Å²) in [4.78, 5) is 17.1. The lowest BCUT2D eigenvalue weighted by Crippen LogP contribution is -2.22. The molecule has 5 nitrogen and oxygen atoms in total. The van der Waals surface area contributed by atoms with Gasteiger partial charge in [-0.2, -0.15) is 0 Å². The third kappa shape index (κ3) is 2.91. The number of hydrogen-bond acceptors (Lipinski definition) is 5. The number of anilines is 2. The molecule has 120 valence electrons. The Kier molecular flexibility index (Phi) is 3.69. The molecule has 1 atom stereocenters. The summed E-state index contributed by atoms with van der Waals surface area (Å²) in [5.74, 6) is 1.53. The van der Waals surface area contributed by atoms with E-state index < -0.39 is 0 Å². The minimum absolute atomic E-state index is 0.0147. The molecule has 0 bridgehead atoms. The van der Waals surface area contributed by atoms with Gasteiger partial charge in [-0.1, -0.05) is 23.5 Å². The number of nitrogens with zero attached hydrogens (tertiary/aromatic N) is 1. The molecule has 2 aromatic rings. The second-order valence-electron chi connectivity index (χ2n) is 6.16. The third-order valence-corrected chi connectivity index (χ3v) is 5.52. The van der Waals surface area contributed by atoms with Crippen LogP contribution in [0.5, 0.6) is 5.75 Å². The maximum absolute atomic E-state index is 11.9. The van der Waals surface area contributed by atoms with Gasteiger partial charge in [0.2, 0.25) is 5.91 Å². The van der Waals surface area contributed by atoms with Gasteiger partial charge in [0.25, 0.3) is 0 Å². The van der Waals surface area contributed by atoms with Crippen LogP contribution in [0, 0.1) is 0 Å². The van der Waals surface area contributed by atoms with Crippen LogP contribution in [0.25, 0.3) is 0 Å².